The van der Waals surface area contributed by atoms with E-state index in [9.17, 15) is 13.6 Å². The van der Waals surface area contributed by atoms with Crippen LogP contribution in [-0.2, 0) is 0 Å². The van der Waals surface area contributed by atoms with Gasteiger partial charge in [0.05, 0.1) is 11.1 Å². The molecular formula is C13H6F2N2O3. The number of aromatic carboxylic acids is 1. The van der Waals surface area contributed by atoms with Gasteiger partial charge in [-0.15, -0.1) is 0 Å². The Bertz CT molecular complexity index is 797. The van der Waals surface area contributed by atoms with Gasteiger partial charge in [0, 0.05) is 6.20 Å². The lowest BCUT2D eigenvalue weighted by atomic mass is 10.1. The Hall–Kier alpha value is -2.83. The fourth-order valence-electron chi connectivity index (χ4n) is 1.78. The average Bonchev–Trinajstić information content (AvgIpc) is 2.84. The Morgan fingerprint density at radius 3 is 2.70 bits per heavy atom. The second kappa shape index (κ2) is 4.37. The molecule has 0 aliphatic rings. The Balaban J connectivity index is 2.27. The highest BCUT2D eigenvalue weighted by Crippen LogP contribution is 2.28. The van der Waals surface area contributed by atoms with Crippen molar-refractivity contribution in [3.05, 3.63) is 47.7 Å². The third kappa shape index (κ3) is 1.89. The molecule has 0 saturated carbocycles. The highest BCUT2D eigenvalue weighted by molar-refractivity contribution is 5.95. The van der Waals surface area contributed by atoms with Crippen molar-refractivity contribution in [1.82, 2.24) is 9.97 Å². The Kier molecular flexibility index (Phi) is 2.67. The van der Waals surface area contributed by atoms with Gasteiger partial charge in [-0.25, -0.2) is 18.6 Å². The molecule has 5 nitrogen and oxygen atoms in total. The van der Waals surface area contributed by atoms with Crippen LogP contribution in [-0.4, -0.2) is 21.0 Å². The maximum Gasteiger partial charge on any atom is 0.336 e. The topological polar surface area (TPSA) is 76.2 Å². The lowest BCUT2D eigenvalue weighted by Crippen LogP contribution is -2.02. The van der Waals surface area contributed by atoms with E-state index in [-0.39, 0.29) is 17.1 Å². The highest BCUT2D eigenvalue weighted by atomic mass is 19.2. The van der Waals surface area contributed by atoms with E-state index in [4.69, 9.17) is 9.52 Å². The largest absolute Gasteiger partial charge is 0.478 e. The first kappa shape index (κ1) is 12.2. The predicted octanol–water partition coefficient (Wildman–Crippen LogP) is 2.87. The summed E-state index contributed by atoms with van der Waals surface area (Å²) in [7, 11) is 0. The van der Waals surface area contributed by atoms with Crippen LogP contribution in [0.4, 0.5) is 8.78 Å². The number of pyridine rings is 1. The molecule has 0 spiro atoms. The minimum atomic E-state index is -1.41. The zero-order valence-corrected chi connectivity index (χ0v) is 9.80. The molecule has 3 rings (SSSR count). The summed E-state index contributed by atoms with van der Waals surface area (Å²) in [5.74, 6) is -3.97. The van der Waals surface area contributed by atoms with Crippen LogP contribution in [0.15, 0.2) is 34.9 Å². The number of benzene rings is 1. The predicted molar refractivity (Wildman–Crippen MR) is 64.1 cm³/mol. The first-order valence-electron chi connectivity index (χ1n) is 5.50. The average molecular weight is 276 g/mol. The Morgan fingerprint density at radius 2 is 2.00 bits per heavy atom. The summed E-state index contributed by atoms with van der Waals surface area (Å²) in [6.45, 7) is 0. The van der Waals surface area contributed by atoms with E-state index in [2.05, 4.69) is 9.97 Å². The molecule has 20 heavy (non-hydrogen) atoms. The maximum atomic E-state index is 13.3. The molecule has 0 amide bonds. The van der Waals surface area contributed by atoms with Crippen LogP contribution >= 0.6 is 0 Å². The summed E-state index contributed by atoms with van der Waals surface area (Å²) in [6, 6.07) is 4.53. The number of nitrogens with zero attached hydrogens (tertiary/aromatic N) is 2. The number of hydrogen-bond donors (Lipinski definition) is 1. The number of carbonyl (C=O) groups is 1. The van der Waals surface area contributed by atoms with Crippen molar-refractivity contribution in [1.29, 1.82) is 0 Å². The van der Waals surface area contributed by atoms with Crippen LogP contribution < -0.4 is 0 Å². The molecule has 0 atom stereocenters. The first-order chi connectivity index (χ1) is 9.56. The molecule has 0 fully saturated rings. The third-order valence-electron chi connectivity index (χ3n) is 2.69. The highest BCUT2D eigenvalue weighted by Gasteiger charge is 2.20. The molecule has 0 saturated heterocycles. The lowest BCUT2D eigenvalue weighted by molar-refractivity contribution is 0.0697. The van der Waals surface area contributed by atoms with E-state index in [1.807, 2.05) is 0 Å². The van der Waals surface area contributed by atoms with Crippen LogP contribution in [0.25, 0.3) is 22.7 Å². The number of carboxylic acids is 1. The van der Waals surface area contributed by atoms with Gasteiger partial charge in [0.1, 0.15) is 0 Å². The first-order valence-corrected chi connectivity index (χ1v) is 5.50. The number of aromatic nitrogens is 2. The summed E-state index contributed by atoms with van der Waals surface area (Å²) in [5.41, 5.74) is -0.00278. The molecule has 2 aromatic heterocycles. The van der Waals surface area contributed by atoms with E-state index in [0.717, 1.165) is 6.07 Å². The van der Waals surface area contributed by atoms with Gasteiger partial charge in [0.25, 0.3) is 0 Å². The molecule has 1 N–H and O–H groups in total. The molecule has 3 aromatic rings. The number of fused-ring (bicyclic) bond motifs is 1. The normalized spacial score (nSPS) is 10.9. The molecule has 0 bridgehead atoms. The van der Waals surface area contributed by atoms with Crippen molar-refractivity contribution in [2.75, 3.05) is 0 Å². The van der Waals surface area contributed by atoms with Crippen molar-refractivity contribution in [3.8, 4) is 11.5 Å². The van der Waals surface area contributed by atoms with Gasteiger partial charge in [-0.1, -0.05) is 0 Å². The number of halogens is 2. The van der Waals surface area contributed by atoms with Crippen molar-refractivity contribution in [2.24, 2.45) is 0 Å². The minimum Gasteiger partial charge on any atom is -0.478 e. The van der Waals surface area contributed by atoms with Crippen molar-refractivity contribution in [2.45, 2.75) is 0 Å². The second-order valence-corrected chi connectivity index (χ2v) is 3.96. The Labute approximate surface area is 110 Å². The Morgan fingerprint density at radius 1 is 1.25 bits per heavy atom. The molecule has 0 radical (unpaired) electrons. The standard InChI is InChI=1S/C13H6F2N2O3/c14-8-4-6(7(13(18)19)5-9(8)15)12-17-11-10(20-12)2-1-3-16-11/h1-5H,(H,18,19). The van der Waals surface area contributed by atoms with Gasteiger partial charge < -0.3 is 9.52 Å². The van der Waals surface area contributed by atoms with E-state index < -0.39 is 23.2 Å². The molecule has 1 aromatic carbocycles. The number of carboxylic acid groups (broad SMARTS) is 1. The van der Waals surface area contributed by atoms with Crippen LogP contribution in [0.5, 0.6) is 0 Å². The molecule has 0 unspecified atom stereocenters. The number of hydrogen-bond acceptors (Lipinski definition) is 4. The van der Waals surface area contributed by atoms with Crippen molar-refractivity contribution in [3.63, 3.8) is 0 Å². The summed E-state index contributed by atoms with van der Waals surface area (Å²) in [4.78, 5) is 19.0. The zero-order valence-electron chi connectivity index (χ0n) is 9.80. The zero-order chi connectivity index (χ0) is 14.3. The number of rotatable bonds is 2. The molecular weight excluding hydrogens is 270 g/mol. The van der Waals surface area contributed by atoms with E-state index in [1.54, 1.807) is 12.1 Å². The maximum absolute atomic E-state index is 13.3. The molecule has 0 aliphatic carbocycles. The van der Waals surface area contributed by atoms with Gasteiger partial charge in [0.2, 0.25) is 5.89 Å². The second-order valence-electron chi connectivity index (χ2n) is 3.96. The van der Waals surface area contributed by atoms with E-state index in [1.165, 1.54) is 6.20 Å². The van der Waals surface area contributed by atoms with Gasteiger partial charge in [-0.05, 0) is 24.3 Å². The third-order valence-corrected chi connectivity index (χ3v) is 2.69. The number of oxazole rings is 1. The SMILES string of the molecule is O=C(O)c1cc(F)c(F)cc1-c1nc2ncccc2o1. The summed E-state index contributed by atoms with van der Waals surface area (Å²) in [5, 5.41) is 9.04. The van der Waals surface area contributed by atoms with Crippen LogP contribution in [0, 0.1) is 11.6 Å². The monoisotopic (exact) mass is 276 g/mol. The quantitative estimate of drug-likeness (QED) is 0.778. The lowest BCUT2D eigenvalue weighted by Gasteiger charge is -2.03. The summed E-state index contributed by atoms with van der Waals surface area (Å²) >= 11 is 0. The fourth-order valence-corrected chi connectivity index (χ4v) is 1.78. The molecule has 100 valence electrons. The van der Waals surface area contributed by atoms with Crippen molar-refractivity contribution < 1.29 is 23.1 Å². The smallest absolute Gasteiger partial charge is 0.336 e. The molecule has 7 heteroatoms. The van der Waals surface area contributed by atoms with Crippen molar-refractivity contribution >= 4 is 17.2 Å². The molecule has 0 aliphatic heterocycles. The minimum absolute atomic E-state index is 0.130. The van der Waals surface area contributed by atoms with Gasteiger partial charge >= 0.3 is 5.97 Å². The van der Waals surface area contributed by atoms with E-state index >= 15 is 0 Å². The van der Waals surface area contributed by atoms with Gasteiger partial charge in [0.15, 0.2) is 22.9 Å². The summed E-state index contributed by atoms with van der Waals surface area (Å²) < 4.78 is 31.8. The van der Waals surface area contributed by atoms with Crippen LogP contribution in [0.1, 0.15) is 10.4 Å². The fraction of sp³-hybridized carbons (Fsp3) is 0. The van der Waals surface area contributed by atoms with Crippen LogP contribution in [0.2, 0.25) is 0 Å². The molecule has 2 heterocycles. The van der Waals surface area contributed by atoms with Gasteiger partial charge in [-0.3, -0.25) is 0 Å². The summed E-state index contributed by atoms with van der Waals surface area (Å²) in [6.07, 6.45) is 1.48. The van der Waals surface area contributed by atoms with E-state index in [0.29, 0.717) is 11.6 Å². The van der Waals surface area contributed by atoms with Crippen LogP contribution in [0.3, 0.4) is 0 Å². The van der Waals surface area contributed by atoms with Gasteiger partial charge in [-0.2, -0.15) is 4.98 Å².